The maximum Gasteiger partial charge on any atom is 0.234 e. The van der Waals surface area contributed by atoms with Crippen molar-refractivity contribution in [3.63, 3.8) is 0 Å². The van der Waals surface area contributed by atoms with E-state index in [0.29, 0.717) is 19.1 Å². The van der Waals surface area contributed by atoms with E-state index >= 15 is 0 Å². The number of carbonyl (C=O) groups excluding carboxylic acids is 1. The molecule has 1 rings (SSSR count). The van der Waals surface area contributed by atoms with Crippen molar-refractivity contribution in [3.8, 4) is 0 Å². The Morgan fingerprint density at radius 1 is 1.53 bits per heavy atom. The molecule has 15 heavy (non-hydrogen) atoms. The molecule has 1 aliphatic rings. The molecule has 0 radical (unpaired) electrons. The lowest BCUT2D eigenvalue weighted by molar-refractivity contribution is -0.122. The molecule has 4 heteroatoms. The second kappa shape index (κ2) is 5.47. The van der Waals surface area contributed by atoms with Crippen LogP contribution in [0, 0.1) is 5.92 Å². The summed E-state index contributed by atoms with van der Waals surface area (Å²) in [5, 5.41) is 12.2. The van der Waals surface area contributed by atoms with E-state index in [2.05, 4.69) is 10.2 Å². The Kier molecular flexibility index (Phi) is 4.54. The summed E-state index contributed by atoms with van der Waals surface area (Å²) < 4.78 is 0. The van der Waals surface area contributed by atoms with Crippen molar-refractivity contribution in [2.24, 2.45) is 5.92 Å². The van der Waals surface area contributed by atoms with Gasteiger partial charge >= 0.3 is 0 Å². The van der Waals surface area contributed by atoms with Crippen molar-refractivity contribution in [1.29, 1.82) is 0 Å². The highest BCUT2D eigenvalue weighted by atomic mass is 16.3. The first-order valence-corrected chi connectivity index (χ1v) is 5.65. The SMILES string of the molecule is CC(C)C(O)CNC(=O)CN(C)C1CC1. The summed E-state index contributed by atoms with van der Waals surface area (Å²) in [6.07, 6.45) is 1.97. The van der Waals surface area contributed by atoms with Gasteiger partial charge in [-0.1, -0.05) is 13.8 Å². The third-order valence-electron chi connectivity index (χ3n) is 2.84. The maximum absolute atomic E-state index is 11.4. The van der Waals surface area contributed by atoms with Crippen molar-refractivity contribution in [1.82, 2.24) is 10.2 Å². The molecule has 0 saturated heterocycles. The molecule has 1 saturated carbocycles. The molecule has 1 unspecified atom stereocenters. The summed E-state index contributed by atoms with van der Waals surface area (Å²) in [4.78, 5) is 13.5. The van der Waals surface area contributed by atoms with Crippen molar-refractivity contribution >= 4 is 5.91 Å². The normalized spacial score (nSPS) is 18.3. The van der Waals surface area contributed by atoms with E-state index in [1.54, 1.807) is 0 Å². The molecule has 1 fully saturated rings. The lowest BCUT2D eigenvalue weighted by Gasteiger charge is -2.18. The quantitative estimate of drug-likeness (QED) is 0.665. The van der Waals surface area contributed by atoms with E-state index in [1.807, 2.05) is 20.9 Å². The summed E-state index contributed by atoms with van der Waals surface area (Å²) in [6, 6.07) is 0.603. The van der Waals surface area contributed by atoms with Crippen LogP contribution in [0.2, 0.25) is 0 Å². The molecule has 0 aliphatic heterocycles. The Balaban J connectivity index is 2.12. The zero-order valence-electron chi connectivity index (χ0n) is 9.86. The fraction of sp³-hybridized carbons (Fsp3) is 0.909. The molecular formula is C11H22N2O2. The first-order valence-electron chi connectivity index (χ1n) is 5.65. The topological polar surface area (TPSA) is 52.6 Å². The van der Waals surface area contributed by atoms with Crippen LogP contribution in [0.4, 0.5) is 0 Å². The monoisotopic (exact) mass is 214 g/mol. The summed E-state index contributed by atoms with van der Waals surface area (Å²) in [6.45, 7) is 4.67. The summed E-state index contributed by atoms with van der Waals surface area (Å²) in [5.74, 6) is 0.190. The molecular weight excluding hydrogens is 192 g/mol. The highest BCUT2D eigenvalue weighted by Crippen LogP contribution is 2.24. The molecule has 4 nitrogen and oxygen atoms in total. The summed E-state index contributed by atoms with van der Waals surface area (Å²) >= 11 is 0. The van der Waals surface area contributed by atoms with Gasteiger partial charge in [-0.15, -0.1) is 0 Å². The molecule has 0 spiro atoms. The highest BCUT2D eigenvalue weighted by Gasteiger charge is 2.27. The van der Waals surface area contributed by atoms with Gasteiger partial charge in [0.1, 0.15) is 0 Å². The summed E-state index contributed by atoms with van der Waals surface area (Å²) in [7, 11) is 1.97. The molecule has 0 aromatic carbocycles. The van der Waals surface area contributed by atoms with Crippen LogP contribution in [0.5, 0.6) is 0 Å². The van der Waals surface area contributed by atoms with Crippen molar-refractivity contribution in [3.05, 3.63) is 0 Å². The van der Waals surface area contributed by atoms with Gasteiger partial charge in [-0.25, -0.2) is 0 Å². The van der Waals surface area contributed by atoms with Crippen LogP contribution in [-0.4, -0.2) is 48.2 Å². The minimum Gasteiger partial charge on any atom is -0.391 e. The van der Waals surface area contributed by atoms with Gasteiger partial charge in [0.2, 0.25) is 5.91 Å². The Morgan fingerprint density at radius 3 is 2.60 bits per heavy atom. The van der Waals surface area contributed by atoms with Crippen LogP contribution in [-0.2, 0) is 4.79 Å². The van der Waals surface area contributed by atoms with E-state index in [-0.39, 0.29) is 11.8 Å². The number of carbonyl (C=O) groups is 1. The molecule has 0 aromatic rings. The Morgan fingerprint density at radius 2 is 2.13 bits per heavy atom. The van der Waals surface area contributed by atoms with Crippen molar-refractivity contribution < 1.29 is 9.90 Å². The zero-order chi connectivity index (χ0) is 11.4. The average Bonchev–Trinajstić information content (AvgIpc) is 2.96. The standard InChI is InChI=1S/C11H22N2O2/c1-8(2)10(14)6-12-11(15)7-13(3)9-4-5-9/h8-10,14H,4-7H2,1-3H3,(H,12,15). The van der Waals surface area contributed by atoms with E-state index in [9.17, 15) is 9.90 Å². The fourth-order valence-electron chi connectivity index (χ4n) is 1.38. The third kappa shape index (κ3) is 4.62. The van der Waals surface area contributed by atoms with Gasteiger partial charge in [0.25, 0.3) is 0 Å². The number of rotatable bonds is 6. The van der Waals surface area contributed by atoms with Crippen LogP contribution in [0.15, 0.2) is 0 Å². The molecule has 0 bridgehead atoms. The lowest BCUT2D eigenvalue weighted by Crippen LogP contribution is -2.40. The van der Waals surface area contributed by atoms with Gasteiger partial charge < -0.3 is 10.4 Å². The van der Waals surface area contributed by atoms with Gasteiger partial charge in [0.05, 0.1) is 12.6 Å². The van der Waals surface area contributed by atoms with E-state index in [0.717, 1.165) is 0 Å². The minimum atomic E-state index is -0.444. The first kappa shape index (κ1) is 12.5. The number of hydrogen-bond acceptors (Lipinski definition) is 3. The second-order valence-electron chi connectivity index (χ2n) is 4.76. The molecule has 1 amide bonds. The first-order chi connectivity index (χ1) is 7.00. The van der Waals surface area contributed by atoms with Gasteiger partial charge in [0, 0.05) is 12.6 Å². The average molecular weight is 214 g/mol. The van der Waals surface area contributed by atoms with Crippen LogP contribution in [0.3, 0.4) is 0 Å². The van der Waals surface area contributed by atoms with E-state index in [4.69, 9.17) is 0 Å². The maximum atomic E-state index is 11.4. The van der Waals surface area contributed by atoms with Gasteiger partial charge in [-0.2, -0.15) is 0 Å². The number of amides is 1. The fourth-order valence-corrected chi connectivity index (χ4v) is 1.38. The molecule has 0 aromatic heterocycles. The predicted molar refractivity (Wildman–Crippen MR) is 59.5 cm³/mol. The van der Waals surface area contributed by atoms with E-state index in [1.165, 1.54) is 12.8 Å². The Hall–Kier alpha value is -0.610. The third-order valence-corrected chi connectivity index (χ3v) is 2.84. The van der Waals surface area contributed by atoms with Crippen LogP contribution in [0.1, 0.15) is 26.7 Å². The van der Waals surface area contributed by atoms with E-state index < -0.39 is 6.10 Å². The number of aliphatic hydroxyl groups is 1. The Labute approximate surface area is 91.6 Å². The minimum absolute atomic E-state index is 0.00380. The second-order valence-corrected chi connectivity index (χ2v) is 4.76. The van der Waals surface area contributed by atoms with Crippen LogP contribution >= 0.6 is 0 Å². The molecule has 2 N–H and O–H groups in total. The number of likely N-dealkylation sites (N-methyl/N-ethyl adjacent to an activating group) is 1. The van der Waals surface area contributed by atoms with Gasteiger partial charge in [-0.05, 0) is 25.8 Å². The molecule has 0 heterocycles. The summed E-state index contributed by atoms with van der Waals surface area (Å²) in [5.41, 5.74) is 0. The zero-order valence-corrected chi connectivity index (χ0v) is 9.86. The number of aliphatic hydroxyl groups excluding tert-OH is 1. The van der Waals surface area contributed by atoms with Gasteiger partial charge in [0.15, 0.2) is 0 Å². The van der Waals surface area contributed by atoms with Crippen LogP contribution < -0.4 is 5.32 Å². The number of nitrogens with one attached hydrogen (secondary N) is 1. The number of hydrogen-bond donors (Lipinski definition) is 2. The molecule has 1 aliphatic carbocycles. The van der Waals surface area contributed by atoms with Crippen LogP contribution in [0.25, 0.3) is 0 Å². The van der Waals surface area contributed by atoms with Gasteiger partial charge in [-0.3, -0.25) is 9.69 Å². The number of nitrogens with zero attached hydrogens (tertiary/aromatic N) is 1. The smallest absolute Gasteiger partial charge is 0.234 e. The molecule has 88 valence electrons. The lowest BCUT2D eigenvalue weighted by atomic mass is 10.1. The van der Waals surface area contributed by atoms with Crippen molar-refractivity contribution in [2.45, 2.75) is 38.8 Å². The predicted octanol–water partition coefficient (Wildman–Crippen LogP) is 0.214. The molecule has 1 atom stereocenters. The highest BCUT2D eigenvalue weighted by molar-refractivity contribution is 5.78. The largest absolute Gasteiger partial charge is 0.391 e. The van der Waals surface area contributed by atoms with Crippen molar-refractivity contribution in [2.75, 3.05) is 20.1 Å². The Bertz CT molecular complexity index is 215.